The Morgan fingerprint density at radius 3 is 3.05 bits per heavy atom. The van der Waals surface area contributed by atoms with E-state index in [0.29, 0.717) is 19.6 Å². The van der Waals surface area contributed by atoms with Crippen LogP contribution in [-0.4, -0.2) is 43.2 Å². The van der Waals surface area contributed by atoms with Gasteiger partial charge in [-0.3, -0.25) is 4.79 Å². The van der Waals surface area contributed by atoms with Gasteiger partial charge in [0.1, 0.15) is 0 Å². The van der Waals surface area contributed by atoms with Crippen molar-refractivity contribution in [2.45, 2.75) is 18.9 Å². The highest BCUT2D eigenvalue weighted by Gasteiger charge is 2.16. The van der Waals surface area contributed by atoms with Crippen LogP contribution >= 0.6 is 36.2 Å². The molecule has 8 heteroatoms. The SMILES string of the molecule is Cl.Cl.O=C(CC1COCCN1)NCCc1cscn1. The van der Waals surface area contributed by atoms with Gasteiger partial charge in [0.25, 0.3) is 0 Å². The van der Waals surface area contributed by atoms with Crippen molar-refractivity contribution in [3.05, 3.63) is 16.6 Å². The van der Waals surface area contributed by atoms with E-state index in [-0.39, 0.29) is 36.8 Å². The molecule has 0 aliphatic carbocycles. The fraction of sp³-hybridized carbons (Fsp3) is 0.636. The number of hydrogen-bond acceptors (Lipinski definition) is 5. The topological polar surface area (TPSA) is 63.2 Å². The predicted molar refractivity (Wildman–Crippen MR) is 80.6 cm³/mol. The summed E-state index contributed by atoms with van der Waals surface area (Å²) in [5, 5.41) is 8.16. The van der Waals surface area contributed by atoms with Gasteiger partial charge in [-0.25, -0.2) is 4.98 Å². The Kier molecular flexibility index (Phi) is 10.2. The van der Waals surface area contributed by atoms with E-state index < -0.39 is 0 Å². The van der Waals surface area contributed by atoms with Gasteiger partial charge in [0.15, 0.2) is 0 Å². The highest BCUT2D eigenvalue weighted by Crippen LogP contribution is 2.01. The third-order valence-corrected chi connectivity index (χ3v) is 3.25. The molecule has 2 N–H and O–H groups in total. The monoisotopic (exact) mass is 327 g/mol. The van der Waals surface area contributed by atoms with Crippen LogP contribution in [0.4, 0.5) is 0 Å². The maximum absolute atomic E-state index is 11.6. The zero-order chi connectivity index (χ0) is 11.9. The van der Waals surface area contributed by atoms with E-state index in [0.717, 1.165) is 25.3 Å². The number of nitrogens with zero attached hydrogens (tertiary/aromatic N) is 1. The van der Waals surface area contributed by atoms with E-state index in [9.17, 15) is 4.79 Å². The highest BCUT2D eigenvalue weighted by atomic mass is 35.5. The fourth-order valence-corrected chi connectivity index (χ4v) is 2.33. The molecule has 1 aliphatic rings. The number of hydrogen-bond donors (Lipinski definition) is 2. The van der Waals surface area contributed by atoms with E-state index in [1.165, 1.54) is 0 Å². The van der Waals surface area contributed by atoms with Crippen molar-refractivity contribution in [2.24, 2.45) is 0 Å². The maximum atomic E-state index is 11.6. The molecular formula is C11H19Cl2N3O2S. The van der Waals surface area contributed by atoms with Gasteiger partial charge in [-0.1, -0.05) is 0 Å². The fourth-order valence-electron chi connectivity index (χ4n) is 1.74. The van der Waals surface area contributed by atoms with Gasteiger partial charge in [-0.05, 0) is 0 Å². The van der Waals surface area contributed by atoms with Crippen molar-refractivity contribution >= 4 is 42.1 Å². The van der Waals surface area contributed by atoms with Crippen LogP contribution in [0.3, 0.4) is 0 Å². The molecule has 2 heterocycles. The molecule has 19 heavy (non-hydrogen) atoms. The molecule has 1 fully saturated rings. The smallest absolute Gasteiger partial charge is 0.221 e. The lowest BCUT2D eigenvalue weighted by atomic mass is 10.2. The minimum absolute atomic E-state index is 0. The number of rotatable bonds is 5. The Labute approximate surface area is 129 Å². The molecule has 0 saturated carbocycles. The molecule has 110 valence electrons. The Bertz CT molecular complexity index is 346. The second-order valence-corrected chi connectivity index (χ2v) is 4.73. The molecule has 0 spiro atoms. The van der Waals surface area contributed by atoms with Crippen LogP contribution < -0.4 is 10.6 Å². The molecule has 1 aromatic rings. The number of thiazole rings is 1. The quantitative estimate of drug-likeness (QED) is 0.847. The number of carbonyl (C=O) groups excluding carboxylic acids is 1. The lowest BCUT2D eigenvalue weighted by Gasteiger charge is -2.23. The Morgan fingerprint density at radius 1 is 1.58 bits per heavy atom. The second-order valence-electron chi connectivity index (χ2n) is 4.01. The maximum Gasteiger partial charge on any atom is 0.221 e. The van der Waals surface area contributed by atoms with Crippen LogP contribution in [-0.2, 0) is 16.0 Å². The molecule has 5 nitrogen and oxygen atoms in total. The first-order valence-electron chi connectivity index (χ1n) is 5.79. The summed E-state index contributed by atoms with van der Waals surface area (Å²) < 4.78 is 5.30. The first-order valence-corrected chi connectivity index (χ1v) is 6.74. The molecule has 0 radical (unpaired) electrons. The van der Waals surface area contributed by atoms with E-state index >= 15 is 0 Å². The Morgan fingerprint density at radius 2 is 2.42 bits per heavy atom. The summed E-state index contributed by atoms with van der Waals surface area (Å²) in [6.45, 7) is 2.84. The summed E-state index contributed by atoms with van der Waals surface area (Å²) in [6, 6.07) is 0.156. The van der Waals surface area contributed by atoms with Gasteiger partial charge in [-0.15, -0.1) is 36.2 Å². The first-order chi connectivity index (χ1) is 8.34. The van der Waals surface area contributed by atoms with Gasteiger partial charge in [0.05, 0.1) is 24.4 Å². The van der Waals surface area contributed by atoms with E-state index in [1.807, 2.05) is 5.38 Å². The van der Waals surface area contributed by atoms with Crippen molar-refractivity contribution in [3.8, 4) is 0 Å². The number of carbonyl (C=O) groups is 1. The van der Waals surface area contributed by atoms with Crippen LogP contribution in [0.25, 0.3) is 0 Å². The molecule has 1 saturated heterocycles. The molecular weight excluding hydrogens is 309 g/mol. The lowest BCUT2D eigenvalue weighted by Crippen LogP contribution is -2.44. The van der Waals surface area contributed by atoms with Crippen molar-refractivity contribution in [1.82, 2.24) is 15.6 Å². The number of aromatic nitrogens is 1. The van der Waals surface area contributed by atoms with Crippen LogP contribution in [0.15, 0.2) is 10.9 Å². The highest BCUT2D eigenvalue weighted by molar-refractivity contribution is 7.07. The molecule has 1 aliphatic heterocycles. The van der Waals surface area contributed by atoms with Crippen LogP contribution in [0.1, 0.15) is 12.1 Å². The summed E-state index contributed by atoms with van der Waals surface area (Å²) in [5.74, 6) is 0.0724. The molecule has 1 aromatic heterocycles. The Balaban J connectivity index is 0.00000162. The van der Waals surface area contributed by atoms with Crippen LogP contribution in [0.5, 0.6) is 0 Å². The van der Waals surface area contributed by atoms with Gasteiger partial charge in [0.2, 0.25) is 5.91 Å². The van der Waals surface area contributed by atoms with E-state index in [2.05, 4.69) is 15.6 Å². The number of halogens is 2. The summed E-state index contributed by atoms with van der Waals surface area (Å²) in [6.07, 6.45) is 1.28. The van der Waals surface area contributed by atoms with Crippen molar-refractivity contribution in [3.63, 3.8) is 0 Å². The third-order valence-electron chi connectivity index (χ3n) is 2.62. The number of ether oxygens (including phenoxy) is 1. The van der Waals surface area contributed by atoms with Gasteiger partial charge in [0, 0.05) is 37.4 Å². The van der Waals surface area contributed by atoms with Crippen molar-refractivity contribution < 1.29 is 9.53 Å². The molecule has 1 atom stereocenters. The summed E-state index contributed by atoms with van der Waals surface area (Å²) >= 11 is 1.58. The number of nitrogens with one attached hydrogen (secondary N) is 2. The normalized spacial score (nSPS) is 18.0. The summed E-state index contributed by atoms with van der Waals surface area (Å²) in [7, 11) is 0. The van der Waals surface area contributed by atoms with E-state index in [1.54, 1.807) is 16.8 Å². The molecule has 2 rings (SSSR count). The lowest BCUT2D eigenvalue weighted by molar-refractivity contribution is -0.122. The number of amides is 1. The average molecular weight is 328 g/mol. The molecule has 0 aromatic carbocycles. The minimum atomic E-state index is 0. The predicted octanol–water partition coefficient (Wildman–Crippen LogP) is 1.02. The zero-order valence-corrected chi connectivity index (χ0v) is 12.9. The third kappa shape index (κ3) is 7.08. The van der Waals surface area contributed by atoms with Gasteiger partial charge >= 0.3 is 0 Å². The standard InChI is InChI=1S/C11H17N3O2S.2ClH/c15-11(5-10-6-16-4-3-12-10)13-2-1-9-7-17-8-14-9;;/h7-8,10,12H,1-6H2,(H,13,15);2*1H. The van der Waals surface area contributed by atoms with Crippen LogP contribution in [0, 0.1) is 0 Å². The summed E-state index contributed by atoms with van der Waals surface area (Å²) in [4.78, 5) is 15.8. The molecule has 1 amide bonds. The van der Waals surface area contributed by atoms with Gasteiger partial charge < -0.3 is 15.4 Å². The van der Waals surface area contributed by atoms with Gasteiger partial charge in [-0.2, -0.15) is 0 Å². The minimum Gasteiger partial charge on any atom is -0.378 e. The van der Waals surface area contributed by atoms with Crippen LogP contribution in [0.2, 0.25) is 0 Å². The average Bonchev–Trinajstić information content (AvgIpc) is 2.83. The largest absolute Gasteiger partial charge is 0.378 e. The van der Waals surface area contributed by atoms with E-state index in [4.69, 9.17) is 4.74 Å². The first kappa shape index (κ1) is 18.6. The van der Waals surface area contributed by atoms with Crippen molar-refractivity contribution in [2.75, 3.05) is 26.3 Å². The summed E-state index contributed by atoms with van der Waals surface area (Å²) in [5.41, 5.74) is 2.84. The van der Waals surface area contributed by atoms with Crippen molar-refractivity contribution in [1.29, 1.82) is 0 Å². The molecule has 0 bridgehead atoms. The zero-order valence-electron chi connectivity index (χ0n) is 10.5. The second kappa shape index (κ2) is 10.4. The molecule has 1 unspecified atom stereocenters. The Hall–Kier alpha value is -0.400. The number of morpholine rings is 1.